The Balaban J connectivity index is 2.09. The number of rotatable bonds is 7. The van der Waals surface area contributed by atoms with Crippen molar-refractivity contribution in [3.63, 3.8) is 0 Å². The van der Waals surface area contributed by atoms with E-state index in [-0.39, 0.29) is 0 Å². The van der Waals surface area contributed by atoms with Gasteiger partial charge in [-0.2, -0.15) is 0 Å². The van der Waals surface area contributed by atoms with Crippen molar-refractivity contribution in [3.05, 3.63) is 5.82 Å². The minimum absolute atomic E-state index is 0.583. The summed E-state index contributed by atoms with van der Waals surface area (Å²) in [6, 6.07) is 0. The van der Waals surface area contributed by atoms with E-state index in [2.05, 4.69) is 29.1 Å². The van der Waals surface area contributed by atoms with E-state index in [1.807, 2.05) is 6.92 Å². The van der Waals surface area contributed by atoms with Crippen molar-refractivity contribution in [1.29, 1.82) is 0 Å². The van der Waals surface area contributed by atoms with Gasteiger partial charge in [0, 0.05) is 13.2 Å². The molecule has 1 aromatic heterocycles. The number of aryl methyl sites for hydroxylation is 1. The molecule has 92 valence electrons. The van der Waals surface area contributed by atoms with Crippen LogP contribution in [0.5, 0.6) is 0 Å². The molecule has 4 N–H and O–H groups in total. The van der Waals surface area contributed by atoms with Crippen LogP contribution >= 0.6 is 0 Å². The SMILES string of the molecule is Cc1nc(NCCOCCC(C)C)c(N)[nH]1. The number of nitrogen functional groups attached to an aromatic ring is 1. The molecule has 0 bridgehead atoms. The lowest BCUT2D eigenvalue weighted by Crippen LogP contribution is -2.11. The fraction of sp³-hybridized carbons (Fsp3) is 0.727. The second-order valence-electron chi connectivity index (χ2n) is 4.31. The van der Waals surface area contributed by atoms with Gasteiger partial charge in [-0.3, -0.25) is 0 Å². The Morgan fingerprint density at radius 1 is 1.44 bits per heavy atom. The molecule has 0 saturated heterocycles. The van der Waals surface area contributed by atoms with Crippen LogP contribution in [0.1, 0.15) is 26.1 Å². The predicted molar refractivity (Wildman–Crippen MR) is 66.5 cm³/mol. The fourth-order valence-corrected chi connectivity index (χ4v) is 1.31. The average molecular weight is 226 g/mol. The maximum atomic E-state index is 5.70. The minimum Gasteiger partial charge on any atom is -0.382 e. The van der Waals surface area contributed by atoms with E-state index < -0.39 is 0 Å². The highest BCUT2D eigenvalue weighted by Crippen LogP contribution is 2.12. The molecular formula is C11H22N4O. The van der Waals surface area contributed by atoms with Crippen molar-refractivity contribution < 1.29 is 4.74 Å². The summed E-state index contributed by atoms with van der Waals surface area (Å²) in [4.78, 5) is 7.15. The molecule has 0 unspecified atom stereocenters. The van der Waals surface area contributed by atoms with E-state index in [9.17, 15) is 0 Å². The monoisotopic (exact) mass is 226 g/mol. The number of aromatic amines is 1. The number of H-pyrrole nitrogens is 1. The summed E-state index contributed by atoms with van der Waals surface area (Å²) in [5.41, 5.74) is 5.70. The van der Waals surface area contributed by atoms with Gasteiger partial charge in [-0.15, -0.1) is 0 Å². The van der Waals surface area contributed by atoms with Gasteiger partial charge < -0.3 is 20.8 Å². The fourth-order valence-electron chi connectivity index (χ4n) is 1.31. The molecule has 0 fully saturated rings. The Hall–Kier alpha value is -1.23. The van der Waals surface area contributed by atoms with E-state index in [1.54, 1.807) is 0 Å². The Bertz CT molecular complexity index is 309. The van der Waals surface area contributed by atoms with Gasteiger partial charge in [-0.05, 0) is 19.3 Å². The third kappa shape index (κ3) is 4.53. The first-order chi connectivity index (χ1) is 7.59. The summed E-state index contributed by atoms with van der Waals surface area (Å²) in [5, 5.41) is 3.13. The Labute approximate surface area is 96.8 Å². The highest BCUT2D eigenvalue weighted by Gasteiger charge is 2.02. The van der Waals surface area contributed by atoms with Gasteiger partial charge >= 0.3 is 0 Å². The summed E-state index contributed by atoms with van der Waals surface area (Å²) < 4.78 is 5.47. The number of hydrogen-bond acceptors (Lipinski definition) is 4. The number of ether oxygens (including phenoxy) is 1. The van der Waals surface area contributed by atoms with Crippen molar-refractivity contribution >= 4 is 11.6 Å². The van der Waals surface area contributed by atoms with Gasteiger partial charge in [0.2, 0.25) is 0 Å². The second-order valence-corrected chi connectivity index (χ2v) is 4.31. The molecule has 0 aliphatic rings. The minimum atomic E-state index is 0.583. The molecular weight excluding hydrogens is 204 g/mol. The number of nitrogens with two attached hydrogens (primary N) is 1. The van der Waals surface area contributed by atoms with Gasteiger partial charge in [0.15, 0.2) is 5.82 Å². The quantitative estimate of drug-likeness (QED) is 0.619. The molecule has 0 aromatic carbocycles. The normalized spacial score (nSPS) is 11.0. The molecule has 0 atom stereocenters. The number of anilines is 2. The van der Waals surface area contributed by atoms with Crippen LogP contribution in [0, 0.1) is 12.8 Å². The topological polar surface area (TPSA) is 76.0 Å². The smallest absolute Gasteiger partial charge is 0.168 e. The van der Waals surface area contributed by atoms with Crippen molar-refractivity contribution in [1.82, 2.24) is 9.97 Å². The van der Waals surface area contributed by atoms with E-state index in [4.69, 9.17) is 10.5 Å². The van der Waals surface area contributed by atoms with Gasteiger partial charge in [0.1, 0.15) is 11.6 Å². The zero-order valence-corrected chi connectivity index (χ0v) is 10.3. The number of nitrogens with one attached hydrogen (secondary N) is 2. The van der Waals surface area contributed by atoms with Gasteiger partial charge in [-0.1, -0.05) is 13.8 Å². The molecule has 0 spiro atoms. The first-order valence-corrected chi connectivity index (χ1v) is 5.73. The van der Waals surface area contributed by atoms with Gasteiger partial charge in [0.25, 0.3) is 0 Å². The largest absolute Gasteiger partial charge is 0.382 e. The average Bonchev–Trinajstić information content (AvgIpc) is 2.50. The van der Waals surface area contributed by atoms with E-state index >= 15 is 0 Å². The van der Waals surface area contributed by atoms with Crippen molar-refractivity contribution in [3.8, 4) is 0 Å². The van der Waals surface area contributed by atoms with Crippen LogP contribution in [0.2, 0.25) is 0 Å². The zero-order chi connectivity index (χ0) is 12.0. The van der Waals surface area contributed by atoms with E-state index in [0.717, 1.165) is 25.4 Å². The molecule has 0 aliphatic heterocycles. The van der Waals surface area contributed by atoms with Crippen LogP contribution in [-0.2, 0) is 4.74 Å². The lowest BCUT2D eigenvalue weighted by atomic mass is 10.1. The maximum absolute atomic E-state index is 5.70. The summed E-state index contributed by atoms with van der Waals surface area (Å²) in [6.45, 7) is 8.48. The lowest BCUT2D eigenvalue weighted by Gasteiger charge is -2.07. The molecule has 0 radical (unpaired) electrons. The number of hydrogen-bond donors (Lipinski definition) is 3. The molecule has 5 nitrogen and oxygen atoms in total. The number of imidazole rings is 1. The van der Waals surface area contributed by atoms with Crippen molar-refractivity contribution in [2.75, 3.05) is 30.8 Å². The standard InChI is InChI=1S/C11H22N4O/c1-8(2)4-6-16-7-5-13-11-10(12)14-9(3)15-11/h8,13H,4-7,12H2,1-3H3,(H,14,15). The Morgan fingerprint density at radius 3 is 2.75 bits per heavy atom. The van der Waals surface area contributed by atoms with Crippen LogP contribution < -0.4 is 11.1 Å². The molecule has 0 amide bonds. The van der Waals surface area contributed by atoms with Crippen LogP contribution in [0.15, 0.2) is 0 Å². The Kier molecular flexibility index (Phi) is 5.11. The first kappa shape index (κ1) is 12.8. The zero-order valence-electron chi connectivity index (χ0n) is 10.3. The number of nitrogens with zero attached hydrogens (tertiary/aromatic N) is 1. The van der Waals surface area contributed by atoms with Crippen LogP contribution in [0.25, 0.3) is 0 Å². The van der Waals surface area contributed by atoms with E-state index in [0.29, 0.717) is 24.2 Å². The molecule has 5 heteroatoms. The molecule has 1 heterocycles. The summed E-state index contributed by atoms with van der Waals surface area (Å²) in [6.07, 6.45) is 1.10. The van der Waals surface area contributed by atoms with Crippen LogP contribution in [-0.4, -0.2) is 29.7 Å². The van der Waals surface area contributed by atoms with Crippen molar-refractivity contribution in [2.24, 2.45) is 5.92 Å². The first-order valence-electron chi connectivity index (χ1n) is 5.73. The number of aromatic nitrogens is 2. The third-order valence-corrected chi connectivity index (χ3v) is 2.23. The summed E-state index contributed by atoms with van der Waals surface area (Å²) in [5.74, 6) is 2.81. The lowest BCUT2D eigenvalue weighted by molar-refractivity contribution is 0.132. The molecule has 1 rings (SSSR count). The maximum Gasteiger partial charge on any atom is 0.168 e. The molecule has 0 aliphatic carbocycles. The Morgan fingerprint density at radius 2 is 2.19 bits per heavy atom. The summed E-state index contributed by atoms with van der Waals surface area (Å²) >= 11 is 0. The third-order valence-electron chi connectivity index (χ3n) is 2.23. The van der Waals surface area contributed by atoms with Crippen LogP contribution in [0.3, 0.4) is 0 Å². The van der Waals surface area contributed by atoms with Crippen LogP contribution in [0.4, 0.5) is 11.6 Å². The predicted octanol–water partition coefficient (Wildman–Crippen LogP) is 1.77. The highest BCUT2D eigenvalue weighted by atomic mass is 16.5. The molecule has 16 heavy (non-hydrogen) atoms. The van der Waals surface area contributed by atoms with Gasteiger partial charge in [-0.25, -0.2) is 4.98 Å². The molecule has 0 saturated carbocycles. The molecule has 1 aromatic rings. The van der Waals surface area contributed by atoms with Crippen molar-refractivity contribution in [2.45, 2.75) is 27.2 Å². The van der Waals surface area contributed by atoms with Gasteiger partial charge in [0.05, 0.1) is 6.61 Å². The second kappa shape index (κ2) is 6.37. The highest BCUT2D eigenvalue weighted by molar-refractivity contribution is 5.56. The summed E-state index contributed by atoms with van der Waals surface area (Å²) in [7, 11) is 0. The van der Waals surface area contributed by atoms with E-state index in [1.165, 1.54) is 0 Å².